The smallest absolute Gasteiger partial charge is 0.409 e. The van der Waals surface area contributed by atoms with Crippen molar-refractivity contribution in [2.24, 2.45) is 0 Å². The molecule has 0 bridgehead atoms. The fourth-order valence-corrected chi connectivity index (χ4v) is 3.56. The van der Waals surface area contributed by atoms with Gasteiger partial charge in [0, 0.05) is 26.2 Å². The number of aryl methyl sites for hydroxylation is 2. The number of nitrogens with one attached hydrogen (secondary N) is 1. The highest BCUT2D eigenvalue weighted by Crippen LogP contribution is 2.30. The van der Waals surface area contributed by atoms with Crippen molar-refractivity contribution in [2.75, 3.05) is 32.1 Å². The number of para-hydroxylation sites is 1. The van der Waals surface area contributed by atoms with E-state index in [1.807, 2.05) is 32.0 Å². The van der Waals surface area contributed by atoms with Crippen molar-refractivity contribution in [2.45, 2.75) is 46.1 Å². The van der Waals surface area contributed by atoms with Gasteiger partial charge in [0.2, 0.25) is 5.91 Å². The first-order chi connectivity index (χ1) is 12.7. The predicted octanol–water partition coefficient (Wildman–Crippen LogP) is 2.71. The van der Waals surface area contributed by atoms with E-state index in [2.05, 4.69) is 5.32 Å². The number of hydrogen-bond donors (Lipinski definition) is 1. The number of rotatable bonds is 4. The van der Waals surface area contributed by atoms with Gasteiger partial charge >= 0.3 is 6.09 Å². The standard InChI is InChI=1S/C20H29N3O4/c1-6-27-19(26)23-12-8-11-20(13-23,22(5)16(4)24)18(25)21-17-14(2)9-7-10-15(17)3/h7,9-10H,6,8,11-13H2,1-5H3,(H,21,25). The van der Waals surface area contributed by atoms with Gasteiger partial charge in [-0.25, -0.2) is 4.79 Å². The molecule has 1 atom stereocenters. The zero-order valence-corrected chi connectivity index (χ0v) is 16.8. The maximum Gasteiger partial charge on any atom is 0.409 e. The molecule has 1 aromatic rings. The lowest BCUT2D eigenvalue weighted by molar-refractivity contribution is -0.145. The van der Waals surface area contributed by atoms with Crippen molar-refractivity contribution in [1.29, 1.82) is 0 Å². The van der Waals surface area contributed by atoms with Crippen LogP contribution in [0.5, 0.6) is 0 Å². The number of amides is 3. The predicted molar refractivity (Wildman–Crippen MR) is 104 cm³/mol. The van der Waals surface area contributed by atoms with E-state index in [9.17, 15) is 14.4 Å². The third-order valence-electron chi connectivity index (χ3n) is 5.25. The first-order valence-electron chi connectivity index (χ1n) is 9.26. The maximum atomic E-state index is 13.4. The number of carbonyl (C=O) groups is 3. The molecule has 7 heteroatoms. The SMILES string of the molecule is CCOC(=O)N1CCCC(C(=O)Nc2c(C)cccc2C)(N(C)C(C)=O)C1. The Balaban J connectivity index is 2.37. The lowest BCUT2D eigenvalue weighted by Crippen LogP contribution is -2.65. The Kier molecular flexibility index (Phi) is 6.46. The molecule has 1 N–H and O–H groups in total. The van der Waals surface area contributed by atoms with E-state index in [4.69, 9.17) is 4.74 Å². The van der Waals surface area contributed by atoms with Gasteiger partial charge in [-0.3, -0.25) is 9.59 Å². The zero-order valence-electron chi connectivity index (χ0n) is 16.8. The number of likely N-dealkylation sites (tertiary alicyclic amines) is 1. The van der Waals surface area contributed by atoms with Crippen LogP contribution < -0.4 is 5.32 Å². The zero-order chi connectivity index (χ0) is 20.2. The van der Waals surface area contributed by atoms with Crippen molar-refractivity contribution < 1.29 is 19.1 Å². The second-order valence-corrected chi connectivity index (χ2v) is 7.05. The van der Waals surface area contributed by atoms with Crippen LogP contribution in [-0.2, 0) is 14.3 Å². The fraction of sp³-hybridized carbons (Fsp3) is 0.550. The molecule has 1 heterocycles. The van der Waals surface area contributed by atoms with E-state index in [1.165, 1.54) is 16.7 Å². The van der Waals surface area contributed by atoms with Gasteiger partial charge in [0.1, 0.15) is 5.54 Å². The molecule has 3 amide bonds. The summed E-state index contributed by atoms with van der Waals surface area (Å²) in [6, 6.07) is 5.78. The van der Waals surface area contributed by atoms with E-state index in [0.29, 0.717) is 19.4 Å². The number of hydrogen-bond acceptors (Lipinski definition) is 4. The van der Waals surface area contributed by atoms with Gasteiger partial charge in [-0.2, -0.15) is 0 Å². The van der Waals surface area contributed by atoms with Gasteiger partial charge in [-0.05, 0) is 44.7 Å². The van der Waals surface area contributed by atoms with Crippen LogP contribution in [0.2, 0.25) is 0 Å². The minimum absolute atomic E-state index is 0.110. The van der Waals surface area contributed by atoms with E-state index < -0.39 is 11.6 Å². The van der Waals surface area contributed by atoms with Crippen LogP contribution in [0.15, 0.2) is 18.2 Å². The highest BCUT2D eigenvalue weighted by Gasteiger charge is 2.48. The molecule has 1 saturated heterocycles. The molecule has 0 spiro atoms. The minimum Gasteiger partial charge on any atom is -0.450 e. The van der Waals surface area contributed by atoms with Gasteiger partial charge in [0.15, 0.2) is 0 Å². The molecule has 27 heavy (non-hydrogen) atoms. The molecular formula is C20H29N3O4. The van der Waals surface area contributed by atoms with E-state index in [1.54, 1.807) is 14.0 Å². The largest absolute Gasteiger partial charge is 0.450 e. The average Bonchev–Trinajstić information content (AvgIpc) is 2.64. The molecule has 1 aliphatic rings. The second kappa shape index (κ2) is 8.41. The number of benzene rings is 1. The molecule has 0 aliphatic carbocycles. The quantitative estimate of drug-likeness (QED) is 0.878. The topological polar surface area (TPSA) is 79.0 Å². The van der Waals surface area contributed by atoms with Gasteiger partial charge in [0.05, 0.1) is 13.2 Å². The van der Waals surface area contributed by atoms with Crippen LogP contribution in [0.3, 0.4) is 0 Å². The molecule has 1 aliphatic heterocycles. The normalized spacial score (nSPS) is 19.4. The lowest BCUT2D eigenvalue weighted by Gasteiger charge is -2.46. The van der Waals surface area contributed by atoms with Crippen molar-refractivity contribution in [3.05, 3.63) is 29.3 Å². The Morgan fingerprint density at radius 3 is 2.44 bits per heavy atom. The molecule has 1 fully saturated rings. The van der Waals surface area contributed by atoms with Gasteiger partial charge in [0.25, 0.3) is 5.91 Å². The Bertz CT molecular complexity index is 714. The summed E-state index contributed by atoms with van der Waals surface area (Å²) in [5.74, 6) is -0.510. The first-order valence-corrected chi connectivity index (χ1v) is 9.26. The first kappa shape index (κ1) is 20.7. The average molecular weight is 375 g/mol. The highest BCUT2D eigenvalue weighted by atomic mass is 16.6. The summed E-state index contributed by atoms with van der Waals surface area (Å²) < 4.78 is 5.10. The monoisotopic (exact) mass is 375 g/mol. The Hall–Kier alpha value is -2.57. The Morgan fingerprint density at radius 2 is 1.89 bits per heavy atom. The number of likely N-dealkylation sites (N-methyl/N-ethyl adjacent to an activating group) is 1. The highest BCUT2D eigenvalue weighted by molar-refractivity contribution is 6.01. The van der Waals surface area contributed by atoms with Crippen LogP contribution in [0.4, 0.5) is 10.5 Å². The van der Waals surface area contributed by atoms with Crippen LogP contribution in [0, 0.1) is 13.8 Å². The summed E-state index contributed by atoms with van der Waals surface area (Å²) in [4.78, 5) is 40.7. The summed E-state index contributed by atoms with van der Waals surface area (Å²) in [6.07, 6.45) is 0.630. The third kappa shape index (κ3) is 4.23. The summed E-state index contributed by atoms with van der Waals surface area (Å²) in [5, 5.41) is 3.00. The van der Waals surface area contributed by atoms with Crippen molar-refractivity contribution in [3.63, 3.8) is 0 Å². The molecule has 2 rings (SSSR count). The fourth-order valence-electron chi connectivity index (χ4n) is 3.56. The summed E-state index contributed by atoms with van der Waals surface area (Å²) in [5.41, 5.74) is 1.50. The molecule has 0 saturated carbocycles. The number of anilines is 1. The molecule has 148 valence electrons. The molecule has 7 nitrogen and oxygen atoms in total. The lowest BCUT2D eigenvalue weighted by atomic mass is 9.86. The van der Waals surface area contributed by atoms with Crippen LogP contribution >= 0.6 is 0 Å². The summed E-state index contributed by atoms with van der Waals surface area (Å²) >= 11 is 0. The summed E-state index contributed by atoms with van der Waals surface area (Å²) in [6.45, 7) is 7.90. The molecule has 0 aromatic heterocycles. The number of nitrogens with zero attached hydrogens (tertiary/aromatic N) is 2. The van der Waals surface area contributed by atoms with Crippen LogP contribution in [0.1, 0.15) is 37.8 Å². The molecule has 0 radical (unpaired) electrons. The molecule has 1 unspecified atom stereocenters. The van der Waals surface area contributed by atoms with Crippen molar-refractivity contribution >= 4 is 23.6 Å². The van der Waals surface area contributed by atoms with Crippen molar-refractivity contribution in [1.82, 2.24) is 9.80 Å². The van der Waals surface area contributed by atoms with Crippen LogP contribution in [-0.4, -0.2) is 60.0 Å². The summed E-state index contributed by atoms with van der Waals surface area (Å²) in [7, 11) is 1.61. The van der Waals surface area contributed by atoms with E-state index in [-0.39, 0.29) is 25.0 Å². The number of ether oxygens (including phenoxy) is 1. The second-order valence-electron chi connectivity index (χ2n) is 7.05. The molecular weight excluding hydrogens is 346 g/mol. The minimum atomic E-state index is -1.13. The van der Waals surface area contributed by atoms with Gasteiger partial charge in [-0.15, -0.1) is 0 Å². The number of piperidine rings is 1. The Labute approximate surface area is 160 Å². The third-order valence-corrected chi connectivity index (χ3v) is 5.25. The number of carbonyl (C=O) groups excluding carboxylic acids is 3. The Morgan fingerprint density at radius 1 is 1.26 bits per heavy atom. The van der Waals surface area contributed by atoms with Gasteiger partial charge in [-0.1, -0.05) is 18.2 Å². The van der Waals surface area contributed by atoms with Crippen LogP contribution in [0.25, 0.3) is 0 Å². The van der Waals surface area contributed by atoms with E-state index in [0.717, 1.165) is 16.8 Å². The van der Waals surface area contributed by atoms with Crippen molar-refractivity contribution in [3.8, 4) is 0 Å². The van der Waals surface area contributed by atoms with Gasteiger partial charge < -0.3 is 19.9 Å². The maximum absolute atomic E-state index is 13.4. The molecule has 1 aromatic carbocycles. The van der Waals surface area contributed by atoms with E-state index >= 15 is 0 Å².